The molecule has 0 heterocycles. The third kappa shape index (κ3) is 3.94. The first-order valence-electron chi connectivity index (χ1n) is 5.02. The molecule has 1 aromatic carbocycles. The summed E-state index contributed by atoms with van der Waals surface area (Å²) in [7, 11) is 0. The lowest BCUT2D eigenvalue weighted by Crippen LogP contribution is -1.89. The molecule has 1 rings (SSSR count). The number of hydrogen-bond acceptors (Lipinski definition) is 1. The van der Waals surface area contributed by atoms with E-state index in [1.54, 1.807) is 12.2 Å². The standard InChI is InChI=1S/C14H16O/c1-11(2)9-14(15)10-12(3)13-7-5-4-6-8-13/h4-10H,1-3H3. The maximum Gasteiger partial charge on any atom is 0.178 e. The normalized spacial score (nSPS) is 11.0. The van der Waals surface area contributed by atoms with Crippen LogP contribution in [0.25, 0.3) is 5.57 Å². The molecule has 0 aromatic heterocycles. The van der Waals surface area contributed by atoms with Gasteiger partial charge in [-0.3, -0.25) is 4.79 Å². The minimum absolute atomic E-state index is 0.0522. The summed E-state index contributed by atoms with van der Waals surface area (Å²) in [6.45, 7) is 5.79. The predicted molar refractivity (Wildman–Crippen MR) is 64.5 cm³/mol. The number of ketones is 1. The topological polar surface area (TPSA) is 17.1 Å². The van der Waals surface area contributed by atoms with Gasteiger partial charge < -0.3 is 0 Å². The van der Waals surface area contributed by atoms with Crippen molar-refractivity contribution < 1.29 is 4.79 Å². The Hall–Kier alpha value is -1.63. The Bertz CT molecular complexity index is 393. The van der Waals surface area contributed by atoms with Gasteiger partial charge in [-0.25, -0.2) is 0 Å². The average Bonchev–Trinajstić information content (AvgIpc) is 2.17. The molecular weight excluding hydrogens is 184 g/mol. The van der Waals surface area contributed by atoms with Crippen molar-refractivity contribution in [1.29, 1.82) is 0 Å². The second kappa shape index (κ2) is 5.30. The maximum absolute atomic E-state index is 11.5. The van der Waals surface area contributed by atoms with E-state index in [0.29, 0.717) is 0 Å². The molecule has 0 aliphatic rings. The van der Waals surface area contributed by atoms with Crippen molar-refractivity contribution in [3.05, 3.63) is 53.6 Å². The van der Waals surface area contributed by atoms with Crippen molar-refractivity contribution in [3.8, 4) is 0 Å². The maximum atomic E-state index is 11.5. The fourth-order valence-corrected chi connectivity index (χ4v) is 1.32. The first-order valence-corrected chi connectivity index (χ1v) is 5.02. The SMILES string of the molecule is CC(C)=CC(=O)C=C(C)c1ccccc1. The molecule has 1 aromatic rings. The summed E-state index contributed by atoms with van der Waals surface area (Å²) in [4.78, 5) is 11.5. The van der Waals surface area contributed by atoms with Gasteiger partial charge in [-0.1, -0.05) is 35.9 Å². The van der Waals surface area contributed by atoms with Gasteiger partial charge in [0.05, 0.1) is 0 Å². The molecule has 0 radical (unpaired) electrons. The lowest BCUT2D eigenvalue weighted by atomic mass is 10.1. The number of carbonyl (C=O) groups excluding carboxylic acids is 1. The van der Waals surface area contributed by atoms with E-state index in [9.17, 15) is 4.79 Å². The van der Waals surface area contributed by atoms with E-state index in [1.165, 1.54) is 0 Å². The molecule has 78 valence electrons. The Morgan fingerprint density at radius 2 is 1.60 bits per heavy atom. The van der Waals surface area contributed by atoms with Gasteiger partial charge in [-0.2, -0.15) is 0 Å². The first kappa shape index (κ1) is 11.4. The molecule has 1 nitrogen and oxygen atoms in total. The van der Waals surface area contributed by atoms with Crippen LogP contribution >= 0.6 is 0 Å². The van der Waals surface area contributed by atoms with Crippen LogP contribution in [0.2, 0.25) is 0 Å². The molecule has 0 unspecified atom stereocenters. The van der Waals surface area contributed by atoms with Crippen LogP contribution in [-0.2, 0) is 4.79 Å². The monoisotopic (exact) mass is 200 g/mol. The second-order valence-electron chi connectivity index (χ2n) is 3.82. The van der Waals surface area contributed by atoms with Crippen molar-refractivity contribution in [2.24, 2.45) is 0 Å². The van der Waals surface area contributed by atoms with Crippen LogP contribution in [0.15, 0.2) is 48.1 Å². The minimum Gasteiger partial charge on any atom is -0.290 e. The molecular formula is C14H16O. The first-order chi connectivity index (χ1) is 7.09. The Balaban J connectivity index is 2.86. The molecule has 0 N–H and O–H groups in total. The van der Waals surface area contributed by atoms with Gasteiger partial charge in [-0.05, 0) is 44.1 Å². The van der Waals surface area contributed by atoms with E-state index < -0.39 is 0 Å². The Kier molecular flexibility index (Phi) is 4.04. The van der Waals surface area contributed by atoms with Crippen LogP contribution in [0, 0.1) is 0 Å². The average molecular weight is 200 g/mol. The largest absolute Gasteiger partial charge is 0.290 e. The fourth-order valence-electron chi connectivity index (χ4n) is 1.32. The molecule has 0 saturated heterocycles. The van der Waals surface area contributed by atoms with Gasteiger partial charge in [0.2, 0.25) is 0 Å². The smallest absolute Gasteiger partial charge is 0.178 e. The number of benzene rings is 1. The summed E-state index contributed by atoms with van der Waals surface area (Å²) in [6.07, 6.45) is 3.31. The Morgan fingerprint density at radius 1 is 1.00 bits per heavy atom. The summed E-state index contributed by atoms with van der Waals surface area (Å²) < 4.78 is 0. The summed E-state index contributed by atoms with van der Waals surface area (Å²) >= 11 is 0. The summed E-state index contributed by atoms with van der Waals surface area (Å²) in [5, 5.41) is 0. The highest BCUT2D eigenvalue weighted by atomic mass is 16.1. The predicted octanol–water partition coefficient (Wildman–Crippen LogP) is 3.63. The van der Waals surface area contributed by atoms with E-state index in [1.807, 2.05) is 51.1 Å². The zero-order chi connectivity index (χ0) is 11.3. The van der Waals surface area contributed by atoms with Crippen molar-refractivity contribution in [2.75, 3.05) is 0 Å². The third-order valence-electron chi connectivity index (χ3n) is 2.02. The van der Waals surface area contributed by atoms with E-state index in [-0.39, 0.29) is 5.78 Å². The van der Waals surface area contributed by atoms with Crippen molar-refractivity contribution >= 4 is 11.4 Å². The van der Waals surface area contributed by atoms with Gasteiger partial charge in [0.25, 0.3) is 0 Å². The molecule has 0 amide bonds. The van der Waals surface area contributed by atoms with E-state index in [0.717, 1.165) is 16.7 Å². The zero-order valence-corrected chi connectivity index (χ0v) is 9.45. The van der Waals surface area contributed by atoms with Crippen LogP contribution in [0.4, 0.5) is 0 Å². The molecule has 0 aliphatic carbocycles. The van der Waals surface area contributed by atoms with Crippen molar-refractivity contribution in [1.82, 2.24) is 0 Å². The van der Waals surface area contributed by atoms with Crippen LogP contribution in [0.5, 0.6) is 0 Å². The molecule has 0 saturated carbocycles. The molecule has 15 heavy (non-hydrogen) atoms. The summed E-state index contributed by atoms with van der Waals surface area (Å²) in [5.74, 6) is 0.0522. The third-order valence-corrected chi connectivity index (χ3v) is 2.02. The molecule has 0 atom stereocenters. The number of carbonyl (C=O) groups is 1. The molecule has 0 bridgehead atoms. The molecule has 0 fully saturated rings. The quantitative estimate of drug-likeness (QED) is 0.681. The minimum atomic E-state index is 0.0522. The highest BCUT2D eigenvalue weighted by Crippen LogP contribution is 2.12. The van der Waals surface area contributed by atoms with Gasteiger partial charge in [0.1, 0.15) is 0 Å². The fraction of sp³-hybridized carbons (Fsp3) is 0.214. The molecule has 1 heteroatoms. The zero-order valence-electron chi connectivity index (χ0n) is 9.45. The van der Waals surface area contributed by atoms with Crippen LogP contribution in [0.1, 0.15) is 26.3 Å². The van der Waals surface area contributed by atoms with Crippen molar-refractivity contribution in [3.63, 3.8) is 0 Å². The summed E-state index contributed by atoms with van der Waals surface area (Å²) in [5.41, 5.74) is 3.11. The van der Waals surface area contributed by atoms with E-state index in [2.05, 4.69) is 0 Å². The number of hydrogen-bond donors (Lipinski definition) is 0. The lowest BCUT2D eigenvalue weighted by Gasteiger charge is -1.99. The van der Waals surface area contributed by atoms with Gasteiger partial charge >= 0.3 is 0 Å². The molecule has 0 aliphatic heterocycles. The van der Waals surface area contributed by atoms with Gasteiger partial charge in [-0.15, -0.1) is 0 Å². The van der Waals surface area contributed by atoms with Crippen LogP contribution in [-0.4, -0.2) is 5.78 Å². The van der Waals surface area contributed by atoms with Crippen LogP contribution < -0.4 is 0 Å². The molecule has 0 spiro atoms. The highest BCUT2D eigenvalue weighted by Gasteiger charge is 1.97. The Morgan fingerprint density at radius 3 is 2.13 bits per heavy atom. The van der Waals surface area contributed by atoms with Gasteiger partial charge in [0.15, 0.2) is 5.78 Å². The number of allylic oxidation sites excluding steroid dienone is 4. The van der Waals surface area contributed by atoms with Gasteiger partial charge in [0, 0.05) is 0 Å². The van der Waals surface area contributed by atoms with E-state index in [4.69, 9.17) is 0 Å². The highest BCUT2D eigenvalue weighted by molar-refractivity contribution is 6.04. The second-order valence-corrected chi connectivity index (χ2v) is 3.82. The van der Waals surface area contributed by atoms with E-state index >= 15 is 0 Å². The van der Waals surface area contributed by atoms with Crippen LogP contribution in [0.3, 0.4) is 0 Å². The van der Waals surface area contributed by atoms with Crippen molar-refractivity contribution in [2.45, 2.75) is 20.8 Å². The Labute approximate surface area is 91.1 Å². The summed E-state index contributed by atoms with van der Waals surface area (Å²) in [6, 6.07) is 9.91. The lowest BCUT2D eigenvalue weighted by molar-refractivity contribution is -0.110. The number of rotatable bonds is 3.